The SMILES string of the molecule is [CH]1C=CC=C1.[Mn].c1ccc(-c2cc(-c3ccccc3)pc(-c3ccccc3)c2)cc1. The molecule has 3 aromatic carbocycles. The molecule has 2 heteroatoms. The summed E-state index contributed by atoms with van der Waals surface area (Å²) in [5, 5.41) is 2.69. The Morgan fingerprint density at radius 1 is 0.400 bits per heavy atom. The van der Waals surface area contributed by atoms with E-state index in [4.69, 9.17) is 0 Å². The molecule has 30 heavy (non-hydrogen) atoms. The van der Waals surface area contributed by atoms with E-state index >= 15 is 0 Å². The molecule has 0 atom stereocenters. The van der Waals surface area contributed by atoms with E-state index in [2.05, 4.69) is 103 Å². The second kappa shape index (κ2) is 11.5. The summed E-state index contributed by atoms with van der Waals surface area (Å²) in [6, 6.07) is 36.6. The van der Waals surface area contributed by atoms with Gasteiger partial charge in [0.25, 0.3) is 0 Å². The van der Waals surface area contributed by atoms with Crippen LogP contribution in [0.2, 0.25) is 0 Å². The smallest absolute Gasteiger partial charge is 0.0102 e. The van der Waals surface area contributed by atoms with Crippen LogP contribution in [-0.2, 0) is 17.1 Å². The average Bonchev–Trinajstić information content (AvgIpc) is 3.41. The number of allylic oxidation sites excluding steroid dienone is 4. The van der Waals surface area contributed by atoms with Gasteiger partial charge in [0, 0.05) is 34.1 Å². The van der Waals surface area contributed by atoms with Gasteiger partial charge >= 0.3 is 0 Å². The largest absolute Gasteiger partial charge is 0.0767 e. The third-order valence-corrected chi connectivity index (χ3v) is 5.88. The van der Waals surface area contributed by atoms with Crippen molar-refractivity contribution in [3.05, 3.63) is 134 Å². The van der Waals surface area contributed by atoms with Crippen LogP contribution in [0.5, 0.6) is 0 Å². The third-order valence-electron chi connectivity index (χ3n) is 4.63. The van der Waals surface area contributed by atoms with E-state index in [1.807, 2.05) is 30.7 Å². The average molecular weight is 444 g/mol. The zero-order valence-corrected chi connectivity index (χ0v) is 18.6. The van der Waals surface area contributed by atoms with Crippen molar-refractivity contribution < 1.29 is 17.1 Å². The van der Waals surface area contributed by atoms with Crippen LogP contribution in [0.1, 0.15) is 0 Å². The molecule has 0 spiro atoms. The molecule has 0 amide bonds. The second-order valence-electron chi connectivity index (χ2n) is 6.69. The molecule has 0 unspecified atom stereocenters. The minimum Gasteiger partial charge on any atom is -0.0767 e. The van der Waals surface area contributed by atoms with Gasteiger partial charge in [-0.15, -0.1) is 0 Å². The Morgan fingerprint density at radius 3 is 1.17 bits per heavy atom. The molecular weight excluding hydrogens is 422 g/mol. The monoisotopic (exact) mass is 444 g/mol. The van der Waals surface area contributed by atoms with Crippen molar-refractivity contribution in [1.82, 2.24) is 0 Å². The van der Waals surface area contributed by atoms with Gasteiger partial charge in [-0.3, -0.25) is 0 Å². The Balaban J connectivity index is 0.000000376. The molecule has 0 nitrogen and oxygen atoms in total. The van der Waals surface area contributed by atoms with Crippen molar-refractivity contribution in [2.24, 2.45) is 0 Å². The van der Waals surface area contributed by atoms with E-state index < -0.39 is 0 Å². The second-order valence-corrected chi connectivity index (χ2v) is 7.87. The summed E-state index contributed by atoms with van der Waals surface area (Å²) in [5.74, 6) is 0. The van der Waals surface area contributed by atoms with E-state index in [1.54, 1.807) is 0 Å². The van der Waals surface area contributed by atoms with E-state index in [9.17, 15) is 0 Å². The molecule has 1 aliphatic carbocycles. The van der Waals surface area contributed by atoms with Gasteiger partial charge in [0.05, 0.1) is 0 Å². The topological polar surface area (TPSA) is 0 Å². The molecule has 0 bridgehead atoms. The summed E-state index contributed by atoms with van der Waals surface area (Å²) in [5.41, 5.74) is 5.10. The first-order chi connectivity index (χ1) is 14.4. The van der Waals surface area contributed by atoms with Gasteiger partial charge in [0.15, 0.2) is 0 Å². The fourth-order valence-electron chi connectivity index (χ4n) is 3.16. The molecule has 1 aliphatic rings. The van der Waals surface area contributed by atoms with Gasteiger partial charge in [0.1, 0.15) is 0 Å². The fourth-order valence-corrected chi connectivity index (χ4v) is 4.39. The Bertz CT molecular complexity index is 952. The van der Waals surface area contributed by atoms with Gasteiger partial charge in [-0.25, -0.2) is 0 Å². The van der Waals surface area contributed by atoms with Crippen LogP contribution in [0.15, 0.2) is 127 Å². The predicted octanol–water partition coefficient (Wildman–Crippen LogP) is 8.58. The van der Waals surface area contributed by atoms with Crippen LogP contribution in [-0.4, -0.2) is 0 Å². The zero-order valence-electron chi connectivity index (χ0n) is 16.5. The van der Waals surface area contributed by atoms with Crippen LogP contribution >= 0.6 is 8.19 Å². The van der Waals surface area contributed by atoms with E-state index in [0.717, 1.165) is 0 Å². The van der Waals surface area contributed by atoms with Gasteiger partial charge < -0.3 is 0 Å². The van der Waals surface area contributed by atoms with Crippen LogP contribution in [0.3, 0.4) is 0 Å². The minimum atomic E-state index is 0. The van der Waals surface area contributed by atoms with Gasteiger partial charge in [-0.2, -0.15) is 0 Å². The van der Waals surface area contributed by atoms with E-state index in [-0.39, 0.29) is 17.1 Å². The first-order valence-corrected chi connectivity index (χ1v) is 10.6. The summed E-state index contributed by atoms with van der Waals surface area (Å²) < 4.78 is 0. The molecular formula is C28H22MnP. The number of hydrogen-bond donors (Lipinski definition) is 0. The third kappa shape index (κ3) is 5.91. The molecule has 1 heterocycles. The van der Waals surface area contributed by atoms with E-state index in [1.165, 1.54) is 41.0 Å². The molecule has 2 radical (unpaired) electrons. The quantitative estimate of drug-likeness (QED) is 0.278. The first kappa shape index (κ1) is 22.0. The Labute approximate surface area is 191 Å². The molecule has 4 aromatic rings. The van der Waals surface area contributed by atoms with Crippen LogP contribution in [0.4, 0.5) is 0 Å². The summed E-state index contributed by atoms with van der Waals surface area (Å²) in [7, 11) is 1.25. The molecule has 0 fully saturated rings. The summed E-state index contributed by atoms with van der Waals surface area (Å²) in [6.45, 7) is 0. The molecule has 0 saturated carbocycles. The number of hydrogen-bond acceptors (Lipinski definition) is 0. The zero-order chi connectivity index (χ0) is 19.7. The molecule has 5 rings (SSSR count). The van der Waals surface area contributed by atoms with Crippen molar-refractivity contribution >= 4 is 8.19 Å². The Morgan fingerprint density at radius 2 is 0.800 bits per heavy atom. The first-order valence-electron chi connectivity index (χ1n) is 9.75. The van der Waals surface area contributed by atoms with Crippen molar-refractivity contribution in [3.8, 4) is 32.8 Å². The maximum atomic E-state index is 2.32. The Kier molecular flexibility index (Phi) is 8.42. The van der Waals surface area contributed by atoms with Crippen molar-refractivity contribution in [2.75, 3.05) is 0 Å². The van der Waals surface area contributed by atoms with Gasteiger partial charge in [-0.05, 0) is 34.4 Å². The summed E-state index contributed by atoms with van der Waals surface area (Å²) in [6.07, 6.45) is 10.0. The normalized spacial score (nSPS) is 11.3. The standard InChI is InChI=1S/C23H17P.C5H5.Mn/c1-4-10-18(11-5-1)21-16-22(19-12-6-2-7-13-19)24-23(17-21)20-14-8-3-9-15-20;1-2-4-5-3-1;/h1-17H;1-5H;. The number of rotatable bonds is 3. The Hall–Kier alpha value is -2.69. The van der Waals surface area contributed by atoms with Crippen molar-refractivity contribution in [2.45, 2.75) is 0 Å². The fraction of sp³-hybridized carbons (Fsp3) is 0. The molecule has 1 aromatic heterocycles. The predicted molar refractivity (Wildman–Crippen MR) is 128 cm³/mol. The minimum absolute atomic E-state index is 0. The van der Waals surface area contributed by atoms with E-state index in [0.29, 0.717) is 0 Å². The molecule has 0 aliphatic heterocycles. The summed E-state index contributed by atoms with van der Waals surface area (Å²) in [4.78, 5) is 0. The van der Waals surface area contributed by atoms with Crippen molar-refractivity contribution in [1.29, 1.82) is 0 Å². The maximum absolute atomic E-state index is 2.32. The van der Waals surface area contributed by atoms with Crippen molar-refractivity contribution in [3.63, 3.8) is 0 Å². The molecule has 0 saturated heterocycles. The van der Waals surface area contributed by atoms with Gasteiger partial charge in [0.2, 0.25) is 0 Å². The summed E-state index contributed by atoms with van der Waals surface area (Å²) >= 11 is 0. The molecule has 146 valence electrons. The maximum Gasteiger partial charge on any atom is 0.0102 e. The van der Waals surface area contributed by atoms with Crippen LogP contribution in [0.25, 0.3) is 32.8 Å². The van der Waals surface area contributed by atoms with Crippen LogP contribution < -0.4 is 0 Å². The van der Waals surface area contributed by atoms with Crippen LogP contribution in [0, 0.1) is 6.42 Å². The number of benzene rings is 3. The molecule has 0 N–H and O–H groups in total. The van der Waals surface area contributed by atoms with Gasteiger partial charge in [-0.1, -0.05) is 123 Å².